The smallest absolute Gasteiger partial charge is 0.159 e. The number of carbonyl (C=O) groups excluding carboxylic acids is 2. The Bertz CT molecular complexity index is 720. The van der Waals surface area contributed by atoms with Crippen molar-refractivity contribution in [2.45, 2.75) is 38.1 Å². The molecule has 2 saturated heterocycles. The van der Waals surface area contributed by atoms with Crippen molar-refractivity contribution in [3.8, 4) is 0 Å². The van der Waals surface area contributed by atoms with Crippen molar-refractivity contribution < 1.29 is 14.7 Å². The normalized spacial score (nSPS) is 37.0. The lowest BCUT2D eigenvalue weighted by Crippen LogP contribution is -2.45. The summed E-state index contributed by atoms with van der Waals surface area (Å²) < 4.78 is 0. The molecule has 1 aliphatic carbocycles. The van der Waals surface area contributed by atoms with Crippen LogP contribution in [0.15, 0.2) is 35.3 Å². The summed E-state index contributed by atoms with van der Waals surface area (Å²) in [6.45, 7) is 1.04. The van der Waals surface area contributed by atoms with Gasteiger partial charge < -0.3 is 19.7 Å². The van der Waals surface area contributed by atoms with Crippen molar-refractivity contribution >= 4 is 11.8 Å². The van der Waals surface area contributed by atoms with Gasteiger partial charge in [0.25, 0.3) is 0 Å². The number of nitrogens with zero attached hydrogens (tertiary/aromatic N) is 2. The number of likely N-dealkylation sites (tertiary alicyclic amines) is 1. The molecule has 0 radical (unpaired) electrons. The van der Waals surface area contributed by atoms with Gasteiger partial charge in [0.05, 0.1) is 6.54 Å². The van der Waals surface area contributed by atoms with Crippen molar-refractivity contribution in [2.75, 3.05) is 13.1 Å². The molecule has 0 amide bonds. The average Bonchev–Trinajstić information content (AvgIpc) is 2.94. The maximum atomic E-state index is 11.9. The zero-order valence-electron chi connectivity index (χ0n) is 13.6. The van der Waals surface area contributed by atoms with Crippen LogP contribution in [0.3, 0.4) is 0 Å². The molecule has 4 unspecified atom stereocenters. The predicted octanol–water partition coefficient (Wildman–Crippen LogP) is 0.797. The maximum absolute atomic E-state index is 11.9. The molecule has 24 heavy (non-hydrogen) atoms. The third-order valence-electron chi connectivity index (χ3n) is 6.52. The van der Waals surface area contributed by atoms with Gasteiger partial charge in [-0.2, -0.15) is 0 Å². The minimum Gasteiger partial charge on any atom is -0.550 e. The van der Waals surface area contributed by atoms with E-state index < -0.39 is 5.97 Å². The number of piperidine rings is 1. The van der Waals surface area contributed by atoms with Gasteiger partial charge in [-0.25, -0.2) is 0 Å². The zero-order valence-corrected chi connectivity index (χ0v) is 13.6. The van der Waals surface area contributed by atoms with Crippen LogP contribution >= 0.6 is 0 Å². The Labute approximate surface area is 141 Å². The van der Waals surface area contributed by atoms with Crippen LogP contribution in [0.1, 0.15) is 32.1 Å². The maximum Gasteiger partial charge on any atom is 0.159 e. The van der Waals surface area contributed by atoms with Gasteiger partial charge in [-0.15, -0.1) is 0 Å². The van der Waals surface area contributed by atoms with Crippen LogP contribution in [0.4, 0.5) is 0 Å². The van der Waals surface area contributed by atoms with Gasteiger partial charge in [0.15, 0.2) is 5.78 Å². The highest BCUT2D eigenvalue weighted by Crippen LogP contribution is 2.45. The van der Waals surface area contributed by atoms with Gasteiger partial charge in [-0.05, 0) is 37.0 Å². The first kappa shape index (κ1) is 14.3. The number of fused-ring (bicyclic) bond motifs is 2. The SMILES string of the molecule is O=C1CN2C3=CC1CC2=CC(N1CC(C(=O)[O-])C2CCCCC21)=C3. The average molecular weight is 325 g/mol. The van der Waals surface area contributed by atoms with E-state index in [-0.39, 0.29) is 17.8 Å². The van der Waals surface area contributed by atoms with E-state index in [1.165, 1.54) is 12.1 Å². The second-order valence-corrected chi connectivity index (χ2v) is 7.75. The number of carboxylic acids is 1. The van der Waals surface area contributed by atoms with Gasteiger partial charge in [0.2, 0.25) is 0 Å². The van der Waals surface area contributed by atoms with Crippen LogP contribution in [-0.4, -0.2) is 40.7 Å². The van der Waals surface area contributed by atoms with Crippen LogP contribution < -0.4 is 5.11 Å². The fourth-order valence-electron chi connectivity index (χ4n) is 5.35. The summed E-state index contributed by atoms with van der Waals surface area (Å²) in [6, 6.07) is 0.318. The molecule has 5 heteroatoms. The number of ketones is 1. The second kappa shape index (κ2) is 4.98. The summed E-state index contributed by atoms with van der Waals surface area (Å²) in [6.07, 6.45) is 11.5. The van der Waals surface area contributed by atoms with Crippen LogP contribution in [-0.2, 0) is 9.59 Å². The summed E-state index contributed by atoms with van der Waals surface area (Å²) in [5.74, 6) is -0.698. The molecule has 5 heterocycles. The molecule has 0 spiro atoms. The molecule has 4 atom stereocenters. The fraction of sp³-hybridized carbons (Fsp3) is 0.579. The Balaban J connectivity index is 1.49. The molecule has 6 rings (SSSR count). The van der Waals surface area contributed by atoms with E-state index >= 15 is 0 Å². The Hall–Kier alpha value is -2.04. The number of aliphatic carboxylic acids is 1. The summed E-state index contributed by atoms with van der Waals surface area (Å²) in [4.78, 5) is 27.9. The summed E-state index contributed by atoms with van der Waals surface area (Å²) in [7, 11) is 0. The highest BCUT2D eigenvalue weighted by molar-refractivity contribution is 5.88. The van der Waals surface area contributed by atoms with E-state index in [2.05, 4.69) is 28.0 Å². The minimum absolute atomic E-state index is 0.0334. The standard InChI is InChI=1S/C19H22N2O3/c22-18-10-20-12-5-11(18)6-13(20)8-14(7-12)21-9-16(19(23)24)15-3-1-2-4-17(15)21/h5,7-8,11,15-17H,1-4,6,9-10H2,(H,23,24)/p-1. The molecule has 0 aromatic rings. The molecule has 0 aromatic heterocycles. The molecule has 4 bridgehead atoms. The Kier molecular flexibility index (Phi) is 2.97. The molecule has 0 aromatic carbocycles. The molecule has 1 saturated carbocycles. The summed E-state index contributed by atoms with van der Waals surface area (Å²) in [5, 5.41) is 11.6. The van der Waals surface area contributed by atoms with E-state index in [1.54, 1.807) is 0 Å². The van der Waals surface area contributed by atoms with Crippen LogP contribution in [0.25, 0.3) is 0 Å². The van der Waals surface area contributed by atoms with E-state index in [0.717, 1.165) is 37.1 Å². The minimum atomic E-state index is -0.897. The fourth-order valence-corrected chi connectivity index (χ4v) is 5.35. The molecular weight excluding hydrogens is 304 g/mol. The lowest BCUT2D eigenvalue weighted by molar-refractivity contribution is -0.312. The second-order valence-electron chi connectivity index (χ2n) is 7.75. The summed E-state index contributed by atoms with van der Waals surface area (Å²) >= 11 is 0. The lowest BCUT2D eigenvalue weighted by Gasteiger charge is -2.44. The van der Waals surface area contributed by atoms with Gasteiger partial charge in [0, 0.05) is 53.9 Å². The highest BCUT2D eigenvalue weighted by atomic mass is 16.4. The van der Waals surface area contributed by atoms with Crippen molar-refractivity contribution in [2.24, 2.45) is 17.8 Å². The number of hydrogen-bond acceptors (Lipinski definition) is 5. The predicted molar refractivity (Wildman–Crippen MR) is 85.0 cm³/mol. The summed E-state index contributed by atoms with van der Waals surface area (Å²) in [5.41, 5.74) is 3.45. The number of carbonyl (C=O) groups is 2. The molecule has 5 nitrogen and oxygen atoms in total. The van der Waals surface area contributed by atoms with E-state index in [4.69, 9.17) is 0 Å². The lowest BCUT2D eigenvalue weighted by atomic mass is 9.79. The monoisotopic (exact) mass is 325 g/mol. The topological polar surface area (TPSA) is 63.7 Å². The van der Waals surface area contributed by atoms with Crippen molar-refractivity contribution in [1.29, 1.82) is 0 Å². The van der Waals surface area contributed by atoms with E-state index in [1.807, 2.05) is 0 Å². The van der Waals surface area contributed by atoms with Crippen LogP contribution in [0.5, 0.6) is 0 Å². The van der Waals surface area contributed by atoms with Crippen molar-refractivity contribution in [3.05, 3.63) is 35.3 Å². The Morgan fingerprint density at radius 1 is 1.17 bits per heavy atom. The van der Waals surface area contributed by atoms with Crippen molar-refractivity contribution in [3.63, 3.8) is 0 Å². The first-order valence-electron chi connectivity index (χ1n) is 9.03. The zero-order chi connectivity index (χ0) is 16.4. The number of allylic oxidation sites excluding steroid dienone is 4. The third kappa shape index (κ3) is 1.93. The quantitative estimate of drug-likeness (QED) is 0.751. The van der Waals surface area contributed by atoms with Gasteiger partial charge in [-0.1, -0.05) is 12.8 Å². The van der Waals surface area contributed by atoms with Crippen LogP contribution in [0.2, 0.25) is 0 Å². The molecule has 126 valence electrons. The number of Topliss-reactive ketones (excluding diaryl/α,β-unsaturated/α-hetero) is 1. The van der Waals surface area contributed by atoms with Gasteiger partial charge in [0.1, 0.15) is 0 Å². The van der Waals surface area contributed by atoms with Gasteiger partial charge >= 0.3 is 0 Å². The molecule has 6 aliphatic rings. The first-order chi connectivity index (χ1) is 11.6. The Morgan fingerprint density at radius 3 is 2.75 bits per heavy atom. The molecule has 0 N–H and O–H groups in total. The largest absolute Gasteiger partial charge is 0.550 e. The van der Waals surface area contributed by atoms with E-state index in [9.17, 15) is 14.7 Å². The number of hydrogen-bond donors (Lipinski definition) is 0. The molecule has 3 fully saturated rings. The molecule has 5 aliphatic heterocycles. The Morgan fingerprint density at radius 2 is 2.00 bits per heavy atom. The third-order valence-corrected chi connectivity index (χ3v) is 6.52. The van der Waals surface area contributed by atoms with E-state index in [0.29, 0.717) is 24.9 Å². The van der Waals surface area contributed by atoms with Crippen molar-refractivity contribution in [1.82, 2.24) is 9.80 Å². The van der Waals surface area contributed by atoms with Gasteiger partial charge in [-0.3, -0.25) is 4.79 Å². The highest BCUT2D eigenvalue weighted by Gasteiger charge is 2.45. The number of carboxylic acid groups (broad SMARTS) is 1. The van der Waals surface area contributed by atoms with Crippen LogP contribution in [0, 0.1) is 17.8 Å². The first-order valence-corrected chi connectivity index (χ1v) is 9.03. The molecular formula is C19H21N2O3-. The number of rotatable bonds is 2.